The zero-order chi connectivity index (χ0) is 20.6. The number of imidazole rings is 1. The summed E-state index contributed by atoms with van der Waals surface area (Å²) in [6.07, 6.45) is 7.62. The molecule has 1 fully saturated rings. The molecule has 0 amide bonds. The molecule has 1 atom stereocenters. The second-order valence-corrected chi connectivity index (χ2v) is 7.85. The lowest BCUT2D eigenvalue weighted by Gasteiger charge is -2.25. The predicted molar refractivity (Wildman–Crippen MR) is 123 cm³/mol. The molecule has 1 aliphatic rings. The normalized spacial score (nSPS) is 16.7. The van der Waals surface area contributed by atoms with Gasteiger partial charge in [-0.1, -0.05) is 24.3 Å². The zero-order valence-electron chi connectivity index (χ0n) is 17.0. The monoisotopic (exact) mass is 406 g/mol. The number of piperazine rings is 1. The van der Waals surface area contributed by atoms with Gasteiger partial charge in [0.25, 0.3) is 0 Å². The fraction of sp³-hybridized carbons (Fsp3) is 0.160. The molecule has 5 aromatic rings. The topological polar surface area (TPSA) is 67.1 Å². The lowest BCUT2D eigenvalue weighted by Crippen LogP contribution is -2.42. The summed E-state index contributed by atoms with van der Waals surface area (Å²) in [5.74, 6) is 0. The lowest BCUT2D eigenvalue weighted by molar-refractivity contribution is 0.430. The quantitative estimate of drug-likeness (QED) is 0.476. The third-order valence-electron chi connectivity index (χ3n) is 5.97. The van der Waals surface area contributed by atoms with Gasteiger partial charge in [0.1, 0.15) is 5.65 Å². The van der Waals surface area contributed by atoms with Crippen molar-refractivity contribution in [3.63, 3.8) is 0 Å². The van der Waals surface area contributed by atoms with Gasteiger partial charge in [0.05, 0.1) is 22.9 Å². The Labute approximate surface area is 180 Å². The van der Waals surface area contributed by atoms with Crippen LogP contribution in [0.3, 0.4) is 0 Å². The summed E-state index contributed by atoms with van der Waals surface area (Å²) in [4.78, 5) is 13.6. The van der Waals surface area contributed by atoms with Crippen molar-refractivity contribution in [2.45, 2.75) is 6.04 Å². The van der Waals surface area contributed by atoms with Gasteiger partial charge in [-0.25, -0.2) is 4.98 Å². The average molecular weight is 406 g/mol. The first kappa shape index (κ1) is 18.2. The van der Waals surface area contributed by atoms with E-state index in [9.17, 15) is 0 Å². The highest BCUT2D eigenvalue weighted by Gasteiger charge is 2.15. The molecule has 1 aliphatic heterocycles. The summed E-state index contributed by atoms with van der Waals surface area (Å²) in [7, 11) is 0. The van der Waals surface area contributed by atoms with Crippen LogP contribution in [0.5, 0.6) is 0 Å². The molecule has 152 valence electrons. The van der Waals surface area contributed by atoms with E-state index in [-0.39, 0.29) is 0 Å². The van der Waals surface area contributed by atoms with E-state index in [4.69, 9.17) is 0 Å². The van der Waals surface area contributed by atoms with Crippen molar-refractivity contribution in [2.24, 2.45) is 0 Å². The average Bonchev–Trinajstić information content (AvgIpc) is 3.27. The second-order valence-electron chi connectivity index (χ2n) is 7.85. The first-order valence-electron chi connectivity index (χ1n) is 10.6. The third kappa shape index (κ3) is 3.26. The highest BCUT2D eigenvalue weighted by molar-refractivity contribution is 5.90. The minimum Gasteiger partial charge on any atom is -0.314 e. The number of pyridine rings is 3. The van der Waals surface area contributed by atoms with Gasteiger partial charge in [0.2, 0.25) is 0 Å². The van der Waals surface area contributed by atoms with Crippen LogP contribution in [0.4, 0.5) is 0 Å². The largest absolute Gasteiger partial charge is 0.314 e. The van der Waals surface area contributed by atoms with Crippen LogP contribution in [0.2, 0.25) is 0 Å². The molecule has 31 heavy (non-hydrogen) atoms. The molecule has 0 spiro atoms. The molecule has 2 N–H and O–H groups in total. The fourth-order valence-corrected chi connectivity index (χ4v) is 4.34. The van der Waals surface area contributed by atoms with E-state index >= 15 is 0 Å². The van der Waals surface area contributed by atoms with Gasteiger partial charge in [-0.3, -0.25) is 14.4 Å². The van der Waals surface area contributed by atoms with Crippen LogP contribution >= 0.6 is 0 Å². The maximum absolute atomic E-state index is 4.68. The van der Waals surface area contributed by atoms with E-state index < -0.39 is 0 Å². The zero-order valence-corrected chi connectivity index (χ0v) is 17.0. The van der Waals surface area contributed by atoms with Crippen molar-refractivity contribution >= 4 is 16.7 Å². The lowest BCUT2D eigenvalue weighted by atomic mass is 10.0. The molecule has 6 rings (SSSR count). The molecule has 6 nitrogen and oxygen atoms in total. The van der Waals surface area contributed by atoms with Crippen molar-refractivity contribution in [3.8, 4) is 22.4 Å². The molecule has 0 saturated carbocycles. The van der Waals surface area contributed by atoms with Crippen LogP contribution in [0.15, 0.2) is 79.4 Å². The molecule has 6 heteroatoms. The van der Waals surface area contributed by atoms with Crippen molar-refractivity contribution in [2.75, 3.05) is 19.6 Å². The van der Waals surface area contributed by atoms with Crippen molar-refractivity contribution in [3.05, 3.63) is 84.9 Å². The van der Waals surface area contributed by atoms with Gasteiger partial charge in [-0.2, -0.15) is 0 Å². The van der Waals surface area contributed by atoms with Crippen LogP contribution in [0.25, 0.3) is 39.1 Å². The fourth-order valence-electron chi connectivity index (χ4n) is 4.34. The first-order chi connectivity index (χ1) is 15.4. The van der Waals surface area contributed by atoms with Crippen LogP contribution in [0, 0.1) is 0 Å². The number of hydrogen-bond donors (Lipinski definition) is 2. The number of benzene rings is 1. The number of fused-ring (bicyclic) bond motifs is 2. The van der Waals surface area contributed by atoms with Gasteiger partial charge in [-0.15, -0.1) is 0 Å². The Balaban J connectivity index is 1.36. The van der Waals surface area contributed by atoms with Crippen molar-refractivity contribution in [1.29, 1.82) is 0 Å². The van der Waals surface area contributed by atoms with E-state index in [1.54, 1.807) is 6.20 Å². The highest BCUT2D eigenvalue weighted by atomic mass is 15.1. The minimum atomic E-state index is 0.379. The summed E-state index contributed by atoms with van der Waals surface area (Å²) in [6, 6.07) is 19.4. The molecular weight excluding hydrogens is 384 g/mol. The molecule has 0 bridgehead atoms. The molecule has 0 radical (unpaired) electrons. The maximum atomic E-state index is 4.68. The first-order valence-corrected chi connectivity index (χ1v) is 10.6. The van der Waals surface area contributed by atoms with E-state index in [1.165, 1.54) is 11.1 Å². The van der Waals surface area contributed by atoms with Crippen LogP contribution < -0.4 is 10.6 Å². The maximum Gasteiger partial charge on any atom is 0.137 e. The number of nitrogens with one attached hydrogen (secondary N) is 2. The second kappa shape index (κ2) is 7.58. The summed E-state index contributed by atoms with van der Waals surface area (Å²) in [6.45, 7) is 3.01. The summed E-state index contributed by atoms with van der Waals surface area (Å²) < 4.78 is 2.11. The predicted octanol–water partition coefficient (Wildman–Crippen LogP) is 3.85. The number of aromatic nitrogens is 4. The van der Waals surface area contributed by atoms with Crippen molar-refractivity contribution in [1.82, 2.24) is 30.0 Å². The van der Waals surface area contributed by atoms with Crippen molar-refractivity contribution < 1.29 is 0 Å². The smallest absolute Gasteiger partial charge is 0.137 e. The molecule has 1 saturated heterocycles. The third-order valence-corrected chi connectivity index (χ3v) is 5.97. The van der Waals surface area contributed by atoms with Crippen LogP contribution in [-0.4, -0.2) is 39.0 Å². The van der Waals surface area contributed by atoms with E-state index in [0.717, 1.165) is 53.1 Å². The molecular formula is C25H22N6. The molecule has 1 aromatic carbocycles. The highest BCUT2D eigenvalue weighted by Crippen LogP contribution is 2.29. The Hall–Kier alpha value is -3.61. The Morgan fingerprint density at radius 3 is 2.68 bits per heavy atom. The Morgan fingerprint density at radius 1 is 0.871 bits per heavy atom. The molecule has 0 aliphatic carbocycles. The molecule has 4 aromatic heterocycles. The summed E-state index contributed by atoms with van der Waals surface area (Å²) >= 11 is 0. The van der Waals surface area contributed by atoms with Gasteiger partial charge in [0, 0.05) is 49.8 Å². The van der Waals surface area contributed by atoms with Crippen LogP contribution in [0.1, 0.15) is 11.6 Å². The standard InChI is InChI=1S/C25H22N6/c1-2-21-25(29-9-1)20(7-10-27-21)23-16-30-24-14-19(8-13-31(23)24)17-3-5-18(6-4-17)22-15-26-11-12-28-22/h1-10,13-14,16,22,26,28H,11-12,15H2. The molecule has 1 unspecified atom stereocenters. The van der Waals surface area contributed by atoms with Gasteiger partial charge in [-0.05, 0) is 47.0 Å². The SMILES string of the molecule is c1cnc2c(-c3cnc4cc(-c5ccc(C6CNCCN6)cc5)ccn34)ccnc2c1. The molecule has 5 heterocycles. The summed E-state index contributed by atoms with van der Waals surface area (Å²) in [5, 5.41) is 7.01. The Kier molecular flexibility index (Phi) is 4.44. The van der Waals surface area contributed by atoms with E-state index in [1.807, 2.05) is 30.6 Å². The van der Waals surface area contributed by atoms with Gasteiger partial charge >= 0.3 is 0 Å². The minimum absolute atomic E-state index is 0.379. The number of nitrogens with zero attached hydrogens (tertiary/aromatic N) is 4. The van der Waals surface area contributed by atoms with Gasteiger partial charge < -0.3 is 10.6 Å². The van der Waals surface area contributed by atoms with Crippen LogP contribution in [-0.2, 0) is 0 Å². The van der Waals surface area contributed by atoms with E-state index in [0.29, 0.717) is 6.04 Å². The Bertz CT molecular complexity index is 1360. The Morgan fingerprint density at radius 2 is 1.81 bits per heavy atom. The van der Waals surface area contributed by atoms with Gasteiger partial charge in [0.15, 0.2) is 0 Å². The number of hydrogen-bond acceptors (Lipinski definition) is 5. The number of rotatable bonds is 3. The van der Waals surface area contributed by atoms with E-state index in [2.05, 4.69) is 72.6 Å². The summed E-state index contributed by atoms with van der Waals surface area (Å²) in [5.41, 5.74) is 8.39.